The molecule has 1 amide bonds. The highest BCUT2D eigenvalue weighted by Gasteiger charge is 2.08. The van der Waals surface area contributed by atoms with Gasteiger partial charge >= 0.3 is 0 Å². The molecule has 1 heterocycles. The number of carbonyl (C=O) groups is 1. The van der Waals surface area contributed by atoms with E-state index in [1.54, 1.807) is 41.2 Å². The first-order chi connectivity index (χ1) is 11.1. The van der Waals surface area contributed by atoms with E-state index in [0.717, 1.165) is 10.0 Å². The fraction of sp³-hybridized carbons (Fsp3) is 0.0588. The van der Waals surface area contributed by atoms with E-state index in [1.165, 1.54) is 12.1 Å². The Labute approximate surface area is 141 Å². The monoisotopic (exact) mass is 373 g/mol. The predicted molar refractivity (Wildman–Crippen MR) is 89.8 cm³/mol. The zero-order valence-electron chi connectivity index (χ0n) is 12.0. The normalized spacial score (nSPS) is 10.5. The Balaban J connectivity index is 1.68. The molecule has 0 bridgehead atoms. The fourth-order valence-corrected chi connectivity index (χ4v) is 2.56. The molecule has 0 aliphatic rings. The Kier molecular flexibility index (Phi) is 4.52. The van der Waals surface area contributed by atoms with Gasteiger partial charge in [0.25, 0.3) is 5.91 Å². The molecule has 0 radical (unpaired) electrons. The Morgan fingerprint density at radius 1 is 1.17 bits per heavy atom. The molecule has 2 aromatic carbocycles. The molecular formula is C17H13BrFN3O. The number of hydrogen-bond donors (Lipinski definition) is 1. The lowest BCUT2D eigenvalue weighted by Gasteiger charge is -2.04. The highest BCUT2D eigenvalue weighted by atomic mass is 79.9. The smallest absolute Gasteiger partial charge is 0.256 e. The molecule has 0 atom stereocenters. The van der Waals surface area contributed by atoms with Crippen LogP contribution in [0.3, 0.4) is 0 Å². The summed E-state index contributed by atoms with van der Waals surface area (Å²) in [5, 5.41) is 7.01. The van der Waals surface area contributed by atoms with Crippen LogP contribution in [0.4, 0.5) is 10.2 Å². The summed E-state index contributed by atoms with van der Waals surface area (Å²) in [7, 11) is 0. The second-order valence-electron chi connectivity index (χ2n) is 4.99. The molecule has 0 aliphatic carbocycles. The highest BCUT2D eigenvalue weighted by Crippen LogP contribution is 2.14. The molecule has 0 saturated heterocycles. The Bertz CT molecular complexity index is 847. The molecule has 3 rings (SSSR count). The van der Waals surface area contributed by atoms with Crippen LogP contribution in [-0.4, -0.2) is 15.7 Å². The molecule has 1 N–H and O–H groups in total. The first-order valence-electron chi connectivity index (χ1n) is 6.95. The van der Waals surface area contributed by atoms with E-state index in [2.05, 4.69) is 26.3 Å². The van der Waals surface area contributed by atoms with Crippen molar-refractivity contribution in [2.75, 3.05) is 5.32 Å². The standard InChI is InChI=1S/C17H13BrFN3O/c18-14-5-2-4-13(10-14)17(23)20-16-7-8-22(21-16)11-12-3-1-6-15(19)9-12/h1-10H,11H2,(H,20,21,23). The maximum atomic E-state index is 13.2. The Morgan fingerprint density at radius 2 is 2.00 bits per heavy atom. The number of carbonyl (C=O) groups excluding carboxylic acids is 1. The topological polar surface area (TPSA) is 46.9 Å². The molecule has 0 aliphatic heterocycles. The average Bonchev–Trinajstić information content (AvgIpc) is 2.94. The molecule has 1 aromatic heterocycles. The summed E-state index contributed by atoms with van der Waals surface area (Å²) in [6.45, 7) is 0.435. The van der Waals surface area contributed by atoms with E-state index >= 15 is 0 Å². The molecule has 0 saturated carbocycles. The van der Waals surface area contributed by atoms with Gasteiger partial charge in [-0.2, -0.15) is 5.10 Å². The van der Waals surface area contributed by atoms with Gasteiger partial charge in [-0.05, 0) is 35.9 Å². The van der Waals surface area contributed by atoms with Gasteiger partial charge in [-0.3, -0.25) is 9.48 Å². The Hall–Kier alpha value is -2.47. The van der Waals surface area contributed by atoms with Gasteiger partial charge in [0.1, 0.15) is 5.82 Å². The second-order valence-corrected chi connectivity index (χ2v) is 5.91. The molecular weight excluding hydrogens is 361 g/mol. The van der Waals surface area contributed by atoms with Gasteiger partial charge in [0.2, 0.25) is 0 Å². The van der Waals surface area contributed by atoms with Crippen molar-refractivity contribution in [2.45, 2.75) is 6.54 Å². The van der Waals surface area contributed by atoms with Crippen molar-refractivity contribution in [3.8, 4) is 0 Å². The van der Waals surface area contributed by atoms with Crippen LogP contribution in [0, 0.1) is 5.82 Å². The third-order valence-corrected chi connectivity index (χ3v) is 3.70. The quantitative estimate of drug-likeness (QED) is 0.748. The van der Waals surface area contributed by atoms with Crippen LogP contribution in [0.15, 0.2) is 65.3 Å². The van der Waals surface area contributed by atoms with E-state index in [-0.39, 0.29) is 11.7 Å². The first kappa shape index (κ1) is 15.4. The van der Waals surface area contributed by atoms with Gasteiger partial charge in [0, 0.05) is 22.3 Å². The molecule has 6 heteroatoms. The molecule has 23 heavy (non-hydrogen) atoms. The van der Waals surface area contributed by atoms with Gasteiger partial charge in [-0.25, -0.2) is 4.39 Å². The fourth-order valence-electron chi connectivity index (χ4n) is 2.16. The van der Waals surface area contributed by atoms with Crippen molar-refractivity contribution >= 4 is 27.7 Å². The largest absolute Gasteiger partial charge is 0.305 e. The summed E-state index contributed by atoms with van der Waals surface area (Å²) < 4.78 is 15.7. The summed E-state index contributed by atoms with van der Waals surface area (Å²) in [5.41, 5.74) is 1.34. The van der Waals surface area contributed by atoms with Gasteiger partial charge in [0.15, 0.2) is 5.82 Å². The number of nitrogens with zero attached hydrogens (tertiary/aromatic N) is 2. The first-order valence-corrected chi connectivity index (χ1v) is 7.74. The van der Waals surface area contributed by atoms with E-state index in [1.807, 2.05) is 12.1 Å². The summed E-state index contributed by atoms with van der Waals surface area (Å²) in [5.74, 6) is -0.0634. The minimum atomic E-state index is -0.280. The molecule has 4 nitrogen and oxygen atoms in total. The highest BCUT2D eigenvalue weighted by molar-refractivity contribution is 9.10. The summed E-state index contributed by atoms with van der Waals surface area (Å²) in [6.07, 6.45) is 1.74. The minimum Gasteiger partial charge on any atom is -0.305 e. The van der Waals surface area contributed by atoms with Crippen LogP contribution in [0.1, 0.15) is 15.9 Å². The van der Waals surface area contributed by atoms with Gasteiger partial charge < -0.3 is 5.32 Å². The Morgan fingerprint density at radius 3 is 2.78 bits per heavy atom. The van der Waals surface area contributed by atoms with Crippen LogP contribution in [0.5, 0.6) is 0 Å². The average molecular weight is 374 g/mol. The van der Waals surface area contributed by atoms with E-state index in [4.69, 9.17) is 0 Å². The molecule has 0 spiro atoms. The van der Waals surface area contributed by atoms with Crippen LogP contribution < -0.4 is 5.32 Å². The zero-order chi connectivity index (χ0) is 16.2. The summed E-state index contributed by atoms with van der Waals surface area (Å²) in [4.78, 5) is 12.1. The van der Waals surface area contributed by atoms with Crippen LogP contribution >= 0.6 is 15.9 Å². The molecule has 0 unspecified atom stereocenters. The SMILES string of the molecule is O=C(Nc1ccn(Cc2cccc(F)c2)n1)c1cccc(Br)c1. The van der Waals surface area contributed by atoms with Crippen molar-refractivity contribution in [1.82, 2.24) is 9.78 Å². The number of anilines is 1. The number of nitrogens with one attached hydrogen (secondary N) is 1. The lowest BCUT2D eigenvalue weighted by Crippen LogP contribution is -2.12. The van der Waals surface area contributed by atoms with Gasteiger partial charge in [0.05, 0.1) is 6.54 Å². The predicted octanol–water partition coefficient (Wildman–Crippen LogP) is 4.09. The van der Waals surface area contributed by atoms with Crippen LogP contribution in [0.25, 0.3) is 0 Å². The lowest BCUT2D eigenvalue weighted by molar-refractivity contribution is 0.102. The van der Waals surface area contributed by atoms with Gasteiger partial charge in [-0.1, -0.05) is 34.1 Å². The second kappa shape index (κ2) is 6.75. The number of halogens is 2. The molecule has 116 valence electrons. The van der Waals surface area contributed by atoms with Crippen LogP contribution in [0.2, 0.25) is 0 Å². The van der Waals surface area contributed by atoms with Crippen molar-refractivity contribution in [1.29, 1.82) is 0 Å². The van der Waals surface area contributed by atoms with Crippen LogP contribution in [-0.2, 0) is 6.54 Å². The van der Waals surface area contributed by atoms with Crippen molar-refractivity contribution < 1.29 is 9.18 Å². The van der Waals surface area contributed by atoms with E-state index < -0.39 is 0 Å². The zero-order valence-corrected chi connectivity index (χ0v) is 13.6. The van der Waals surface area contributed by atoms with E-state index in [9.17, 15) is 9.18 Å². The number of hydrogen-bond acceptors (Lipinski definition) is 2. The lowest BCUT2D eigenvalue weighted by atomic mass is 10.2. The molecule has 3 aromatic rings. The summed E-state index contributed by atoms with van der Waals surface area (Å²) >= 11 is 3.33. The number of rotatable bonds is 4. The van der Waals surface area contributed by atoms with Crippen molar-refractivity contribution in [2.24, 2.45) is 0 Å². The van der Waals surface area contributed by atoms with E-state index in [0.29, 0.717) is 17.9 Å². The van der Waals surface area contributed by atoms with Crippen molar-refractivity contribution in [3.05, 3.63) is 82.2 Å². The number of aromatic nitrogens is 2. The maximum Gasteiger partial charge on any atom is 0.256 e. The number of benzene rings is 2. The molecule has 0 fully saturated rings. The number of amides is 1. The third-order valence-electron chi connectivity index (χ3n) is 3.20. The third kappa shape index (κ3) is 4.04. The van der Waals surface area contributed by atoms with Gasteiger partial charge in [-0.15, -0.1) is 0 Å². The van der Waals surface area contributed by atoms with Crippen molar-refractivity contribution in [3.63, 3.8) is 0 Å². The minimum absolute atomic E-state index is 0.234. The summed E-state index contributed by atoms with van der Waals surface area (Å²) in [6, 6.07) is 15.1. The maximum absolute atomic E-state index is 13.2.